The summed E-state index contributed by atoms with van der Waals surface area (Å²) in [6.07, 6.45) is 4.22. The number of aliphatic hydroxyl groups is 1. The molecule has 2 aromatic carbocycles. The molecule has 9 heteroatoms. The Labute approximate surface area is 201 Å². The zero-order chi connectivity index (χ0) is 22.5. The van der Waals surface area contributed by atoms with Crippen LogP contribution in [0.3, 0.4) is 0 Å². The SMILES string of the molecule is CC(O)CCOOI.CSNC(=O)c1ccc(Nc2c(C)cc(SC)cc2C)cc1. The van der Waals surface area contributed by atoms with Crippen molar-refractivity contribution in [2.24, 2.45) is 0 Å². The Hall–Kier alpha value is -0.980. The van der Waals surface area contributed by atoms with Gasteiger partial charge in [0.1, 0.15) is 0 Å². The standard InChI is InChI=1S/C17H20N2OS2.C4H9IO3/c1-11-9-15(21-3)10-12(2)16(11)18-14-7-5-13(6-8-14)17(20)19-22-4;1-4(6)2-3-7-8-5/h5-10,18H,1-4H3,(H,19,20);4,6H,2-3H2,1H3. The number of halogens is 1. The van der Waals surface area contributed by atoms with E-state index in [-0.39, 0.29) is 12.0 Å². The van der Waals surface area contributed by atoms with Gasteiger partial charge in [-0.25, -0.2) is 4.89 Å². The Bertz CT molecular complexity index is 766. The van der Waals surface area contributed by atoms with Gasteiger partial charge in [0.05, 0.1) is 12.7 Å². The summed E-state index contributed by atoms with van der Waals surface area (Å²) in [5, 5.41) is 12.1. The number of benzene rings is 2. The quantitative estimate of drug-likeness (QED) is 0.0883. The monoisotopic (exact) mass is 564 g/mol. The molecule has 0 bridgehead atoms. The molecule has 30 heavy (non-hydrogen) atoms. The number of aliphatic hydroxyl groups excluding tert-OH is 1. The average Bonchev–Trinajstić information content (AvgIpc) is 2.71. The molecule has 0 aliphatic heterocycles. The molecule has 1 amide bonds. The van der Waals surface area contributed by atoms with E-state index < -0.39 is 0 Å². The van der Waals surface area contributed by atoms with Crippen molar-refractivity contribution in [3.05, 3.63) is 53.1 Å². The maximum absolute atomic E-state index is 11.7. The van der Waals surface area contributed by atoms with E-state index in [0.717, 1.165) is 11.4 Å². The number of carbonyl (C=O) groups is 1. The summed E-state index contributed by atoms with van der Waals surface area (Å²) < 4.78 is 6.97. The molecule has 1 atom stereocenters. The van der Waals surface area contributed by atoms with Crippen LogP contribution in [0.25, 0.3) is 0 Å². The van der Waals surface area contributed by atoms with Crippen molar-refractivity contribution < 1.29 is 18.0 Å². The molecule has 6 nitrogen and oxygen atoms in total. The van der Waals surface area contributed by atoms with Crippen molar-refractivity contribution >= 4 is 64.0 Å². The van der Waals surface area contributed by atoms with Crippen molar-refractivity contribution in [1.82, 2.24) is 4.72 Å². The molecule has 0 radical (unpaired) electrons. The summed E-state index contributed by atoms with van der Waals surface area (Å²) >= 11 is 4.68. The number of amides is 1. The van der Waals surface area contributed by atoms with Crippen molar-refractivity contribution in [2.75, 3.05) is 24.4 Å². The third-order valence-electron chi connectivity index (χ3n) is 4.02. The fraction of sp³-hybridized carbons (Fsp3) is 0.381. The number of carbonyl (C=O) groups excluding carboxylic acids is 1. The number of aryl methyl sites for hydroxylation is 2. The highest BCUT2D eigenvalue weighted by molar-refractivity contribution is 14.1. The smallest absolute Gasteiger partial charge is 0.261 e. The number of nitrogens with one attached hydrogen (secondary N) is 2. The van der Waals surface area contributed by atoms with Gasteiger partial charge in [0.25, 0.3) is 5.91 Å². The van der Waals surface area contributed by atoms with Crippen LogP contribution in [-0.2, 0) is 8.10 Å². The van der Waals surface area contributed by atoms with E-state index in [4.69, 9.17) is 5.11 Å². The van der Waals surface area contributed by atoms with Gasteiger partial charge >= 0.3 is 0 Å². The van der Waals surface area contributed by atoms with Gasteiger partial charge < -0.3 is 10.4 Å². The van der Waals surface area contributed by atoms with Crippen LogP contribution >= 0.6 is 46.7 Å². The van der Waals surface area contributed by atoms with Gasteiger partial charge in [-0.15, -0.1) is 11.8 Å². The van der Waals surface area contributed by atoms with Gasteiger partial charge in [-0.2, -0.15) is 3.22 Å². The summed E-state index contributed by atoms with van der Waals surface area (Å²) in [4.78, 5) is 17.5. The van der Waals surface area contributed by atoms with Crippen LogP contribution in [-0.4, -0.2) is 36.2 Å². The Kier molecular flexibility index (Phi) is 13.5. The lowest BCUT2D eigenvalue weighted by molar-refractivity contribution is -0.170. The van der Waals surface area contributed by atoms with Gasteiger partial charge in [0.15, 0.2) is 23.0 Å². The first kappa shape index (κ1) is 27.1. The second-order valence-corrected chi connectivity index (χ2v) is 8.35. The van der Waals surface area contributed by atoms with E-state index in [1.54, 1.807) is 41.7 Å². The first-order chi connectivity index (χ1) is 14.3. The Morgan fingerprint density at radius 3 is 2.23 bits per heavy atom. The van der Waals surface area contributed by atoms with Crippen LogP contribution in [0.15, 0.2) is 41.3 Å². The fourth-order valence-corrected chi connectivity index (χ4v) is 3.56. The Morgan fingerprint density at radius 2 is 1.77 bits per heavy atom. The van der Waals surface area contributed by atoms with Crippen molar-refractivity contribution in [1.29, 1.82) is 0 Å². The number of thioether (sulfide) groups is 1. The molecule has 0 fully saturated rings. The minimum atomic E-state index is -0.304. The summed E-state index contributed by atoms with van der Waals surface area (Å²) in [6.45, 7) is 6.36. The van der Waals surface area contributed by atoms with E-state index in [1.165, 1.54) is 28.0 Å². The lowest BCUT2D eigenvalue weighted by Gasteiger charge is -2.14. The summed E-state index contributed by atoms with van der Waals surface area (Å²) in [5.41, 5.74) is 5.19. The van der Waals surface area contributed by atoms with Crippen molar-refractivity contribution in [3.8, 4) is 0 Å². The van der Waals surface area contributed by atoms with Crippen LogP contribution in [0.2, 0.25) is 0 Å². The molecule has 1 unspecified atom stereocenters. The van der Waals surface area contributed by atoms with Gasteiger partial charge in [0, 0.05) is 28.1 Å². The van der Waals surface area contributed by atoms with Gasteiger partial charge in [0.2, 0.25) is 0 Å². The molecule has 0 spiro atoms. The predicted octanol–water partition coefficient (Wildman–Crippen LogP) is 5.83. The molecule has 0 aromatic heterocycles. The molecular weight excluding hydrogens is 535 g/mol. The Morgan fingerprint density at radius 1 is 1.17 bits per heavy atom. The van der Waals surface area contributed by atoms with Crippen molar-refractivity contribution in [3.63, 3.8) is 0 Å². The summed E-state index contributed by atoms with van der Waals surface area (Å²) in [7, 11) is 0. The largest absolute Gasteiger partial charge is 0.393 e. The van der Waals surface area contributed by atoms with E-state index >= 15 is 0 Å². The molecular formula is C21H29IN2O4S2. The molecule has 3 N–H and O–H groups in total. The third kappa shape index (κ3) is 9.88. The molecule has 0 saturated carbocycles. The zero-order valence-corrected chi connectivity index (χ0v) is 21.6. The minimum absolute atomic E-state index is 0.0734. The first-order valence-corrected chi connectivity index (χ1v) is 12.6. The van der Waals surface area contributed by atoms with E-state index in [9.17, 15) is 4.79 Å². The normalized spacial score (nSPS) is 11.3. The number of hydrogen-bond acceptors (Lipinski definition) is 7. The molecule has 0 saturated heterocycles. The van der Waals surface area contributed by atoms with Gasteiger partial charge in [-0.1, -0.05) is 11.9 Å². The predicted molar refractivity (Wildman–Crippen MR) is 136 cm³/mol. The molecule has 0 aliphatic rings. The van der Waals surface area contributed by atoms with Crippen LogP contribution in [0.5, 0.6) is 0 Å². The lowest BCUT2D eigenvalue weighted by Crippen LogP contribution is -2.14. The van der Waals surface area contributed by atoms with Gasteiger partial charge in [-0.05, 0) is 81.0 Å². The fourth-order valence-electron chi connectivity index (χ4n) is 2.49. The molecule has 166 valence electrons. The maximum Gasteiger partial charge on any atom is 0.261 e. The highest BCUT2D eigenvalue weighted by atomic mass is 127. The van der Waals surface area contributed by atoms with Crippen molar-refractivity contribution in [2.45, 2.75) is 38.2 Å². The second kappa shape index (κ2) is 14.9. The van der Waals surface area contributed by atoms with Crippen LogP contribution in [0.4, 0.5) is 11.4 Å². The topological polar surface area (TPSA) is 79.8 Å². The first-order valence-electron chi connectivity index (χ1n) is 9.26. The van der Waals surface area contributed by atoms with E-state index in [1.807, 2.05) is 30.5 Å². The minimum Gasteiger partial charge on any atom is -0.393 e. The molecule has 0 heterocycles. The van der Waals surface area contributed by atoms with Gasteiger partial charge in [-0.3, -0.25) is 9.52 Å². The second-order valence-electron chi connectivity index (χ2n) is 6.50. The number of anilines is 2. The maximum atomic E-state index is 11.7. The zero-order valence-electron chi connectivity index (χ0n) is 17.8. The lowest BCUT2D eigenvalue weighted by atomic mass is 10.1. The third-order valence-corrected chi connectivity index (χ3v) is 5.37. The molecule has 0 aliphatic carbocycles. The number of rotatable bonds is 9. The highest BCUT2D eigenvalue weighted by Gasteiger charge is 2.07. The number of hydrogen-bond donors (Lipinski definition) is 3. The summed E-state index contributed by atoms with van der Waals surface area (Å²) in [5.74, 6) is -0.0734. The Balaban J connectivity index is 0.000000479. The van der Waals surface area contributed by atoms with Crippen LogP contribution in [0.1, 0.15) is 34.8 Å². The average molecular weight is 565 g/mol. The molecule has 2 aromatic rings. The molecule has 2 rings (SSSR count). The highest BCUT2D eigenvalue weighted by Crippen LogP contribution is 2.29. The van der Waals surface area contributed by atoms with E-state index in [0.29, 0.717) is 18.6 Å². The van der Waals surface area contributed by atoms with Crippen LogP contribution in [0, 0.1) is 13.8 Å². The summed E-state index contributed by atoms with van der Waals surface area (Å²) in [6, 6.07) is 11.9. The van der Waals surface area contributed by atoms with Crippen LogP contribution < -0.4 is 10.0 Å². The van der Waals surface area contributed by atoms with E-state index in [2.05, 4.69) is 50.4 Å².